The number of hydrogen-bond donors (Lipinski definition) is 1. The van der Waals surface area contributed by atoms with Crippen molar-refractivity contribution in [2.45, 2.75) is 57.5 Å². The van der Waals surface area contributed by atoms with Crippen LogP contribution in [0, 0.1) is 11.3 Å². The molecule has 1 N–H and O–H groups in total. The van der Waals surface area contributed by atoms with Crippen LogP contribution in [0.4, 0.5) is 5.82 Å². The number of rotatable bonds is 7. The number of benzene rings is 2. The summed E-state index contributed by atoms with van der Waals surface area (Å²) in [5.41, 5.74) is 5.23. The summed E-state index contributed by atoms with van der Waals surface area (Å²) in [6, 6.07) is 15.9. The molecule has 0 spiro atoms. The number of ether oxygens (including phenoxy) is 1. The fourth-order valence-corrected chi connectivity index (χ4v) is 6.32. The summed E-state index contributed by atoms with van der Waals surface area (Å²) in [6.45, 7) is 5.81. The second kappa shape index (κ2) is 10.7. The van der Waals surface area contributed by atoms with Crippen molar-refractivity contribution in [1.82, 2.24) is 24.2 Å². The normalized spacial score (nSPS) is 19.6. The Kier molecular flexibility index (Phi) is 6.69. The van der Waals surface area contributed by atoms with Gasteiger partial charge in [0.15, 0.2) is 5.82 Å². The second-order valence-corrected chi connectivity index (χ2v) is 11.4. The van der Waals surface area contributed by atoms with Crippen LogP contribution in [0.25, 0.3) is 11.0 Å². The molecule has 4 aromatic rings. The lowest BCUT2D eigenvalue weighted by atomic mass is 9.97. The Labute approximate surface area is 238 Å². The lowest BCUT2D eigenvalue weighted by Crippen LogP contribution is -2.36. The number of nitriles is 1. The molecule has 5 heterocycles. The van der Waals surface area contributed by atoms with Gasteiger partial charge in [-0.3, -0.25) is 9.58 Å². The zero-order valence-electron chi connectivity index (χ0n) is 22.9. The van der Waals surface area contributed by atoms with Gasteiger partial charge >= 0.3 is 5.97 Å². The van der Waals surface area contributed by atoms with Gasteiger partial charge in [-0.2, -0.15) is 10.4 Å². The molecule has 0 unspecified atom stereocenters. The molecule has 0 saturated carbocycles. The van der Waals surface area contributed by atoms with E-state index in [0.717, 1.165) is 93.3 Å². The first-order chi connectivity index (χ1) is 20.0. The van der Waals surface area contributed by atoms with Gasteiger partial charge in [0.05, 0.1) is 53.5 Å². The molecule has 0 amide bonds. The summed E-state index contributed by atoms with van der Waals surface area (Å²) < 4.78 is 10.0. The Balaban J connectivity index is 1.01. The molecule has 2 fully saturated rings. The Morgan fingerprint density at radius 1 is 1.07 bits per heavy atom. The topological polar surface area (TPSA) is 112 Å². The first-order valence-electron chi connectivity index (χ1n) is 14.4. The van der Waals surface area contributed by atoms with Crippen LogP contribution in [0.5, 0.6) is 0 Å². The van der Waals surface area contributed by atoms with Crippen LogP contribution in [0.3, 0.4) is 0 Å². The van der Waals surface area contributed by atoms with Crippen LogP contribution in [0.2, 0.25) is 0 Å². The monoisotopic (exact) mass is 551 g/mol. The van der Waals surface area contributed by atoms with E-state index in [-0.39, 0.29) is 11.7 Å². The first-order valence-corrected chi connectivity index (χ1v) is 14.4. The summed E-state index contributed by atoms with van der Waals surface area (Å²) in [5.74, 6) is 1.05. The number of carboxylic acids is 1. The number of carbonyl (C=O) groups is 1. The van der Waals surface area contributed by atoms with E-state index in [4.69, 9.17) is 14.8 Å². The van der Waals surface area contributed by atoms with Crippen LogP contribution in [0.1, 0.15) is 58.2 Å². The van der Waals surface area contributed by atoms with Crippen molar-refractivity contribution < 1.29 is 14.6 Å². The van der Waals surface area contributed by atoms with E-state index in [1.54, 1.807) is 12.1 Å². The number of carboxylic acid groups (broad SMARTS) is 1. The summed E-state index contributed by atoms with van der Waals surface area (Å²) >= 11 is 0. The molecule has 10 nitrogen and oxygen atoms in total. The fraction of sp³-hybridized carbons (Fsp3) is 0.419. The van der Waals surface area contributed by atoms with Gasteiger partial charge in [0.2, 0.25) is 0 Å². The third kappa shape index (κ3) is 5.07. The maximum Gasteiger partial charge on any atom is 0.335 e. The molecule has 2 aromatic carbocycles. The molecule has 1 atom stereocenters. The first kappa shape index (κ1) is 25.7. The SMILES string of the molecule is N#Cc1ccc2c(c1)CCN(c1ccn(C3CCN(Cc4nc5ccc(C(=O)O)cc5n4C[C@@H]4CCO4)CC3)n1)C2. The predicted molar refractivity (Wildman–Crippen MR) is 153 cm³/mol. The summed E-state index contributed by atoms with van der Waals surface area (Å²) in [6.07, 6.45) is 6.23. The van der Waals surface area contributed by atoms with Gasteiger partial charge in [0.1, 0.15) is 5.82 Å². The quantitative estimate of drug-likeness (QED) is 0.367. The largest absolute Gasteiger partial charge is 0.478 e. The molecule has 0 radical (unpaired) electrons. The summed E-state index contributed by atoms with van der Waals surface area (Å²) in [5, 5.41) is 23.7. The lowest BCUT2D eigenvalue weighted by Gasteiger charge is -2.33. The van der Waals surface area contributed by atoms with Crippen molar-refractivity contribution >= 4 is 22.8 Å². The zero-order valence-corrected chi connectivity index (χ0v) is 22.9. The van der Waals surface area contributed by atoms with Crippen LogP contribution in [0.15, 0.2) is 48.7 Å². The molecular weight excluding hydrogens is 518 g/mol. The standard InChI is InChI=1S/C31H33N7O3/c32-17-21-1-2-24-18-36(12-5-22(24)15-21)29-8-13-38(34-29)25-6-10-35(11-7-25)20-30-33-27-4-3-23(31(39)40)16-28(27)37(30)19-26-9-14-41-26/h1-4,8,13,15-16,25-26H,5-7,9-12,14,18-20H2,(H,39,40)/t26-/m0/s1. The van der Waals surface area contributed by atoms with Gasteiger partial charge in [0.25, 0.3) is 0 Å². The number of likely N-dealkylation sites (tertiary alicyclic amines) is 1. The van der Waals surface area contributed by atoms with Gasteiger partial charge in [-0.1, -0.05) is 6.07 Å². The van der Waals surface area contributed by atoms with E-state index in [1.807, 2.05) is 18.2 Å². The average molecular weight is 552 g/mol. The molecule has 0 aliphatic carbocycles. The average Bonchev–Trinajstić information content (AvgIpc) is 3.59. The third-order valence-corrected chi connectivity index (χ3v) is 8.82. The number of piperidine rings is 1. The van der Waals surface area contributed by atoms with Gasteiger partial charge in [-0.25, -0.2) is 9.78 Å². The number of nitrogens with zero attached hydrogens (tertiary/aromatic N) is 7. The molecular formula is C31H33N7O3. The molecule has 41 heavy (non-hydrogen) atoms. The lowest BCUT2D eigenvalue weighted by molar-refractivity contribution is -0.0592. The highest BCUT2D eigenvalue weighted by atomic mass is 16.5. The number of aromatic nitrogens is 4. The maximum atomic E-state index is 11.6. The number of aromatic carboxylic acids is 1. The zero-order chi connectivity index (χ0) is 27.9. The predicted octanol–water partition coefficient (Wildman–Crippen LogP) is 3.99. The van der Waals surface area contributed by atoms with E-state index in [2.05, 4.69) is 43.4 Å². The van der Waals surface area contributed by atoms with Crippen molar-refractivity contribution in [2.24, 2.45) is 0 Å². The molecule has 7 rings (SSSR count). The van der Waals surface area contributed by atoms with Crippen molar-refractivity contribution in [3.63, 3.8) is 0 Å². The number of fused-ring (bicyclic) bond motifs is 2. The highest BCUT2D eigenvalue weighted by Gasteiger charge is 2.27. The second-order valence-electron chi connectivity index (χ2n) is 11.4. The molecule has 10 heteroatoms. The van der Waals surface area contributed by atoms with Crippen LogP contribution >= 0.6 is 0 Å². The van der Waals surface area contributed by atoms with E-state index in [0.29, 0.717) is 12.6 Å². The Bertz CT molecular complexity index is 1640. The minimum Gasteiger partial charge on any atom is -0.478 e. The van der Waals surface area contributed by atoms with Gasteiger partial charge < -0.3 is 19.3 Å². The molecule has 2 saturated heterocycles. The van der Waals surface area contributed by atoms with Crippen molar-refractivity contribution in [2.75, 3.05) is 31.1 Å². The van der Waals surface area contributed by atoms with Gasteiger partial charge in [0, 0.05) is 45.0 Å². The smallest absolute Gasteiger partial charge is 0.335 e. The molecule has 3 aliphatic heterocycles. The Hall–Kier alpha value is -4.20. The van der Waals surface area contributed by atoms with Crippen molar-refractivity contribution in [1.29, 1.82) is 5.26 Å². The summed E-state index contributed by atoms with van der Waals surface area (Å²) in [7, 11) is 0. The van der Waals surface area contributed by atoms with Gasteiger partial charge in [-0.05, 0) is 67.1 Å². The number of anilines is 1. The van der Waals surface area contributed by atoms with Crippen LogP contribution < -0.4 is 4.90 Å². The van der Waals surface area contributed by atoms with Crippen molar-refractivity contribution in [3.8, 4) is 6.07 Å². The number of imidazole rings is 1. The molecule has 2 aromatic heterocycles. The van der Waals surface area contributed by atoms with E-state index >= 15 is 0 Å². The van der Waals surface area contributed by atoms with Crippen LogP contribution in [-0.2, 0) is 30.8 Å². The molecule has 210 valence electrons. The summed E-state index contributed by atoms with van der Waals surface area (Å²) in [4.78, 5) is 21.3. The number of hydrogen-bond acceptors (Lipinski definition) is 7. The van der Waals surface area contributed by atoms with Crippen LogP contribution in [-0.4, -0.2) is 67.7 Å². The maximum absolute atomic E-state index is 11.6. The van der Waals surface area contributed by atoms with Gasteiger partial charge in [-0.15, -0.1) is 0 Å². The minimum absolute atomic E-state index is 0.155. The fourth-order valence-electron chi connectivity index (χ4n) is 6.32. The van der Waals surface area contributed by atoms with Crippen molar-refractivity contribution in [3.05, 3.63) is 76.7 Å². The Morgan fingerprint density at radius 3 is 2.68 bits per heavy atom. The Morgan fingerprint density at radius 2 is 1.93 bits per heavy atom. The highest BCUT2D eigenvalue weighted by Crippen LogP contribution is 2.29. The van der Waals surface area contributed by atoms with E-state index in [9.17, 15) is 15.2 Å². The van der Waals surface area contributed by atoms with E-state index < -0.39 is 5.97 Å². The molecule has 0 bridgehead atoms. The van der Waals surface area contributed by atoms with E-state index in [1.165, 1.54) is 11.1 Å². The highest BCUT2D eigenvalue weighted by molar-refractivity contribution is 5.92. The minimum atomic E-state index is -0.927. The molecule has 3 aliphatic rings. The third-order valence-electron chi connectivity index (χ3n) is 8.82.